The molecule has 0 heterocycles. The van der Waals surface area contributed by atoms with Crippen molar-refractivity contribution in [3.63, 3.8) is 0 Å². The van der Waals surface area contributed by atoms with E-state index in [2.05, 4.69) is 49.5 Å². The number of anilines is 1. The van der Waals surface area contributed by atoms with Crippen LogP contribution in [0.5, 0.6) is 0 Å². The van der Waals surface area contributed by atoms with E-state index in [1.54, 1.807) is 0 Å². The topological polar surface area (TPSA) is 12.0 Å². The van der Waals surface area contributed by atoms with E-state index in [-0.39, 0.29) is 0 Å². The van der Waals surface area contributed by atoms with Crippen molar-refractivity contribution < 1.29 is 0 Å². The number of hydrogen-bond donors (Lipinski definition) is 1. The summed E-state index contributed by atoms with van der Waals surface area (Å²) in [6, 6.07) is 11.2. The molecule has 1 nitrogen and oxygen atoms in total. The first-order chi connectivity index (χ1) is 7.16. The Balaban J connectivity index is 1.88. The molecule has 0 spiro atoms. The molecule has 1 aromatic rings. The minimum Gasteiger partial charge on any atom is -0.382 e. The quantitative estimate of drug-likeness (QED) is 0.764. The second-order valence-corrected chi connectivity index (χ2v) is 5.45. The van der Waals surface area contributed by atoms with Gasteiger partial charge in [-0.05, 0) is 43.2 Å². The average Bonchev–Trinajstić information content (AvgIpc) is 2.23. The lowest BCUT2D eigenvalue weighted by Crippen LogP contribution is -2.29. The van der Waals surface area contributed by atoms with Crippen molar-refractivity contribution in [2.24, 2.45) is 5.41 Å². The molecule has 0 saturated heterocycles. The molecular formula is C14H21N. The van der Waals surface area contributed by atoms with Gasteiger partial charge in [0, 0.05) is 11.7 Å². The third-order valence-corrected chi connectivity index (χ3v) is 3.48. The van der Waals surface area contributed by atoms with Gasteiger partial charge in [-0.15, -0.1) is 0 Å². The molecule has 0 unspecified atom stereocenters. The maximum absolute atomic E-state index is 3.62. The second-order valence-electron chi connectivity index (χ2n) is 5.45. The maximum Gasteiger partial charge on any atom is 0.0342 e. The van der Waals surface area contributed by atoms with Crippen molar-refractivity contribution in [2.75, 3.05) is 5.32 Å². The third kappa shape index (κ3) is 2.98. The Kier molecular flexibility index (Phi) is 2.99. The summed E-state index contributed by atoms with van der Waals surface area (Å²) in [5.41, 5.74) is 1.83. The lowest BCUT2D eigenvalue weighted by molar-refractivity contribution is 0.232. The largest absolute Gasteiger partial charge is 0.382 e. The van der Waals surface area contributed by atoms with Crippen molar-refractivity contribution >= 4 is 5.69 Å². The summed E-state index contributed by atoms with van der Waals surface area (Å²) in [7, 11) is 0. The molecule has 0 bridgehead atoms. The van der Waals surface area contributed by atoms with Crippen molar-refractivity contribution in [3.8, 4) is 0 Å². The second kappa shape index (κ2) is 4.26. The van der Waals surface area contributed by atoms with Gasteiger partial charge in [0.25, 0.3) is 0 Å². The van der Waals surface area contributed by atoms with Crippen LogP contribution in [0, 0.1) is 5.41 Å². The van der Waals surface area contributed by atoms with E-state index in [4.69, 9.17) is 0 Å². The van der Waals surface area contributed by atoms with Crippen molar-refractivity contribution in [1.29, 1.82) is 0 Å². The van der Waals surface area contributed by atoms with Crippen LogP contribution in [-0.2, 0) is 0 Å². The zero-order valence-corrected chi connectivity index (χ0v) is 9.79. The third-order valence-electron chi connectivity index (χ3n) is 3.48. The first-order valence-electron chi connectivity index (χ1n) is 5.97. The Hall–Kier alpha value is -0.980. The van der Waals surface area contributed by atoms with Crippen molar-refractivity contribution in [3.05, 3.63) is 30.3 Å². The van der Waals surface area contributed by atoms with Crippen LogP contribution < -0.4 is 5.32 Å². The molecule has 1 aromatic carbocycles. The van der Waals surface area contributed by atoms with Crippen LogP contribution in [0.1, 0.15) is 39.5 Å². The van der Waals surface area contributed by atoms with E-state index in [0.717, 1.165) is 0 Å². The fourth-order valence-electron chi connectivity index (χ4n) is 2.31. The van der Waals surface area contributed by atoms with Crippen LogP contribution in [0.25, 0.3) is 0 Å². The minimum atomic E-state index is 0.564. The highest BCUT2D eigenvalue weighted by molar-refractivity contribution is 5.43. The zero-order valence-electron chi connectivity index (χ0n) is 9.79. The summed E-state index contributed by atoms with van der Waals surface area (Å²) in [6.07, 6.45) is 5.30. The molecule has 82 valence electrons. The number of benzene rings is 1. The Bertz CT molecular complexity index is 292. The van der Waals surface area contributed by atoms with Gasteiger partial charge in [-0.3, -0.25) is 0 Å². The fourth-order valence-corrected chi connectivity index (χ4v) is 2.31. The summed E-state index contributed by atoms with van der Waals surface area (Å²) in [5, 5.41) is 3.62. The smallest absolute Gasteiger partial charge is 0.0342 e. The van der Waals surface area contributed by atoms with E-state index in [9.17, 15) is 0 Å². The van der Waals surface area contributed by atoms with Crippen LogP contribution in [0.4, 0.5) is 5.69 Å². The normalized spacial score (nSPS) is 21.2. The van der Waals surface area contributed by atoms with E-state index in [1.165, 1.54) is 31.4 Å². The molecule has 0 radical (unpaired) electrons. The molecule has 1 heteroatoms. The molecule has 1 aliphatic carbocycles. The van der Waals surface area contributed by atoms with Crippen LogP contribution in [-0.4, -0.2) is 6.04 Å². The summed E-state index contributed by atoms with van der Waals surface area (Å²) in [6.45, 7) is 4.76. The zero-order chi connectivity index (χ0) is 10.7. The van der Waals surface area contributed by atoms with Crippen molar-refractivity contribution in [1.82, 2.24) is 0 Å². The Morgan fingerprint density at radius 1 is 1.07 bits per heavy atom. The molecule has 0 aliphatic heterocycles. The molecule has 1 fully saturated rings. The molecule has 1 aliphatic rings. The molecule has 1 saturated carbocycles. The van der Waals surface area contributed by atoms with E-state index in [0.29, 0.717) is 11.5 Å². The predicted molar refractivity (Wildman–Crippen MR) is 66.1 cm³/mol. The van der Waals surface area contributed by atoms with Gasteiger partial charge in [0.15, 0.2) is 0 Å². The molecule has 0 atom stereocenters. The molecule has 1 N–H and O–H groups in total. The number of hydrogen-bond acceptors (Lipinski definition) is 1. The summed E-state index contributed by atoms with van der Waals surface area (Å²) >= 11 is 0. The highest BCUT2D eigenvalue weighted by Gasteiger charge is 2.26. The first-order valence-corrected chi connectivity index (χ1v) is 5.97. The number of rotatable bonds is 2. The summed E-state index contributed by atoms with van der Waals surface area (Å²) in [4.78, 5) is 0. The van der Waals surface area contributed by atoms with E-state index < -0.39 is 0 Å². The monoisotopic (exact) mass is 203 g/mol. The maximum atomic E-state index is 3.62. The van der Waals surface area contributed by atoms with Gasteiger partial charge in [-0.25, -0.2) is 0 Å². The van der Waals surface area contributed by atoms with Gasteiger partial charge in [0.2, 0.25) is 0 Å². The van der Waals surface area contributed by atoms with Crippen LogP contribution in [0.15, 0.2) is 30.3 Å². The van der Waals surface area contributed by atoms with Crippen molar-refractivity contribution in [2.45, 2.75) is 45.6 Å². The van der Waals surface area contributed by atoms with Gasteiger partial charge < -0.3 is 5.32 Å². The first kappa shape index (κ1) is 10.5. The van der Waals surface area contributed by atoms with Crippen LogP contribution >= 0.6 is 0 Å². The van der Waals surface area contributed by atoms with Gasteiger partial charge in [0.05, 0.1) is 0 Å². The summed E-state index contributed by atoms with van der Waals surface area (Å²) in [5.74, 6) is 0. The Morgan fingerprint density at radius 3 is 2.27 bits per heavy atom. The fraction of sp³-hybridized carbons (Fsp3) is 0.571. The van der Waals surface area contributed by atoms with Crippen LogP contribution in [0.2, 0.25) is 0 Å². The highest BCUT2D eigenvalue weighted by atomic mass is 14.9. The number of nitrogens with one attached hydrogen (secondary N) is 1. The van der Waals surface area contributed by atoms with E-state index >= 15 is 0 Å². The van der Waals surface area contributed by atoms with Gasteiger partial charge in [0.1, 0.15) is 0 Å². The lowest BCUT2D eigenvalue weighted by Gasteiger charge is -2.35. The Labute approximate surface area is 92.9 Å². The van der Waals surface area contributed by atoms with Gasteiger partial charge >= 0.3 is 0 Å². The highest BCUT2D eigenvalue weighted by Crippen LogP contribution is 2.35. The molecule has 0 aromatic heterocycles. The lowest BCUT2D eigenvalue weighted by atomic mass is 9.75. The van der Waals surface area contributed by atoms with Gasteiger partial charge in [-0.2, -0.15) is 0 Å². The SMILES string of the molecule is CC1(C)CCC(Nc2ccccc2)CC1. The van der Waals surface area contributed by atoms with E-state index in [1.807, 2.05) is 0 Å². The molecule has 2 rings (SSSR count). The minimum absolute atomic E-state index is 0.564. The van der Waals surface area contributed by atoms with Gasteiger partial charge in [-0.1, -0.05) is 32.0 Å². The molecule has 15 heavy (non-hydrogen) atoms. The number of para-hydroxylation sites is 1. The Morgan fingerprint density at radius 2 is 1.67 bits per heavy atom. The van der Waals surface area contributed by atoms with Crippen LogP contribution in [0.3, 0.4) is 0 Å². The molecular weight excluding hydrogens is 182 g/mol. The molecule has 0 amide bonds. The predicted octanol–water partition coefficient (Wildman–Crippen LogP) is 4.07. The average molecular weight is 203 g/mol. The standard InChI is InChI=1S/C14H21N/c1-14(2)10-8-13(9-11-14)15-12-6-4-3-5-7-12/h3-7,13,15H,8-11H2,1-2H3. The summed E-state index contributed by atoms with van der Waals surface area (Å²) < 4.78 is 0.